The number of nitrogens with zero attached hydrogens (tertiary/aromatic N) is 1. The van der Waals surface area contributed by atoms with Crippen molar-refractivity contribution >= 4 is 22.6 Å². The highest BCUT2D eigenvalue weighted by atomic mass is 35.5. The van der Waals surface area contributed by atoms with Crippen LogP contribution in [0.25, 0.3) is 11.0 Å². The van der Waals surface area contributed by atoms with Crippen molar-refractivity contribution in [3.05, 3.63) is 29.0 Å². The van der Waals surface area contributed by atoms with Crippen molar-refractivity contribution in [2.75, 3.05) is 0 Å². The molecule has 0 atom stereocenters. The van der Waals surface area contributed by atoms with Crippen LogP contribution in [-0.4, -0.2) is 15.5 Å². The second-order valence-corrected chi connectivity index (χ2v) is 5.98. The van der Waals surface area contributed by atoms with Gasteiger partial charge in [0.25, 0.3) is 0 Å². The van der Waals surface area contributed by atoms with Gasteiger partial charge in [-0.2, -0.15) is 0 Å². The summed E-state index contributed by atoms with van der Waals surface area (Å²) in [4.78, 5) is 7.89. The molecule has 3 nitrogen and oxygen atoms in total. The van der Waals surface area contributed by atoms with Crippen molar-refractivity contribution in [2.45, 2.75) is 38.6 Å². The molecule has 0 saturated carbocycles. The first kappa shape index (κ1) is 12.4. The predicted molar refractivity (Wildman–Crippen MR) is 72.4 cm³/mol. The van der Waals surface area contributed by atoms with Crippen molar-refractivity contribution in [3.8, 4) is 0 Å². The molecule has 3 N–H and O–H groups in total. The third-order valence-electron chi connectivity index (χ3n) is 3.67. The van der Waals surface area contributed by atoms with Crippen LogP contribution in [0.3, 0.4) is 0 Å². The number of hydrogen-bond acceptors (Lipinski definition) is 2. The Morgan fingerprint density at radius 1 is 1.24 bits per heavy atom. The summed E-state index contributed by atoms with van der Waals surface area (Å²) in [5.74, 6) is 0.869. The summed E-state index contributed by atoms with van der Waals surface area (Å²) in [5.41, 5.74) is 7.35. The zero-order valence-electron chi connectivity index (χ0n) is 10.6. The number of para-hydroxylation sites is 1. The normalized spacial score (nSPS) is 13.3. The number of hydrogen-bond donors (Lipinski definition) is 2. The first-order valence-electron chi connectivity index (χ1n) is 5.67. The molecule has 1 aromatic carbocycles. The van der Waals surface area contributed by atoms with Crippen LogP contribution >= 0.6 is 11.6 Å². The second kappa shape index (κ2) is 3.72. The molecule has 17 heavy (non-hydrogen) atoms. The highest BCUT2D eigenvalue weighted by Gasteiger charge is 2.37. The molecule has 0 spiro atoms. The number of halogens is 1. The molecule has 0 aliphatic carbocycles. The van der Waals surface area contributed by atoms with Crippen molar-refractivity contribution < 1.29 is 0 Å². The Bertz CT molecular complexity index is 549. The third kappa shape index (κ3) is 1.94. The lowest BCUT2D eigenvalue weighted by Gasteiger charge is -2.36. The molecule has 1 aromatic heterocycles. The molecule has 92 valence electrons. The Hall–Kier alpha value is -1.06. The summed E-state index contributed by atoms with van der Waals surface area (Å²) in [5, 5.41) is 0.663. The molecule has 4 heteroatoms. The first-order valence-corrected chi connectivity index (χ1v) is 6.05. The standard InChI is InChI=1S/C13H18ClN3/c1-12(2,13(3,4)15)11-16-9-7-5-6-8(14)10(9)17-11/h5-7H,15H2,1-4H3,(H,16,17). The molecule has 2 aromatic rings. The quantitative estimate of drug-likeness (QED) is 0.861. The van der Waals surface area contributed by atoms with Crippen LogP contribution in [0.1, 0.15) is 33.5 Å². The van der Waals surface area contributed by atoms with Crippen LogP contribution in [0.4, 0.5) is 0 Å². The van der Waals surface area contributed by atoms with E-state index in [4.69, 9.17) is 17.3 Å². The predicted octanol–water partition coefficient (Wildman–Crippen LogP) is 3.23. The Morgan fingerprint density at radius 3 is 2.41 bits per heavy atom. The fourth-order valence-corrected chi connectivity index (χ4v) is 1.82. The molecule has 2 rings (SSSR count). The van der Waals surface area contributed by atoms with Crippen LogP contribution in [0.15, 0.2) is 18.2 Å². The number of aromatic nitrogens is 2. The summed E-state index contributed by atoms with van der Waals surface area (Å²) in [6, 6.07) is 5.72. The van der Waals surface area contributed by atoms with E-state index in [1.807, 2.05) is 32.0 Å². The van der Waals surface area contributed by atoms with E-state index >= 15 is 0 Å². The number of fused-ring (bicyclic) bond motifs is 1. The van der Waals surface area contributed by atoms with Crippen LogP contribution in [0, 0.1) is 0 Å². The molecular weight excluding hydrogens is 234 g/mol. The van der Waals surface area contributed by atoms with Gasteiger partial charge in [-0.15, -0.1) is 0 Å². The molecule has 0 amide bonds. The summed E-state index contributed by atoms with van der Waals surface area (Å²) in [7, 11) is 0. The second-order valence-electron chi connectivity index (χ2n) is 5.57. The van der Waals surface area contributed by atoms with E-state index in [1.165, 1.54) is 0 Å². The van der Waals surface area contributed by atoms with Crippen LogP contribution in [-0.2, 0) is 5.41 Å². The van der Waals surface area contributed by atoms with Gasteiger partial charge in [-0.25, -0.2) is 4.98 Å². The van der Waals surface area contributed by atoms with Crippen molar-refractivity contribution in [1.29, 1.82) is 0 Å². The number of H-pyrrole nitrogens is 1. The van der Waals surface area contributed by atoms with Gasteiger partial charge in [0.15, 0.2) is 0 Å². The largest absolute Gasteiger partial charge is 0.341 e. The lowest BCUT2D eigenvalue weighted by atomic mass is 9.74. The van der Waals surface area contributed by atoms with Crippen LogP contribution in [0.2, 0.25) is 5.02 Å². The number of nitrogens with one attached hydrogen (secondary N) is 1. The fourth-order valence-electron chi connectivity index (χ4n) is 1.60. The molecule has 0 unspecified atom stereocenters. The van der Waals surface area contributed by atoms with E-state index < -0.39 is 0 Å². The van der Waals surface area contributed by atoms with E-state index in [1.54, 1.807) is 0 Å². The smallest absolute Gasteiger partial charge is 0.114 e. The molecular formula is C13H18ClN3. The maximum absolute atomic E-state index is 6.21. The average molecular weight is 252 g/mol. The van der Waals surface area contributed by atoms with Gasteiger partial charge in [0.2, 0.25) is 0 Å². The number of aromatic amines is 1. The van der Waals surface area contributed by atoms with Crippen LogP contribution in [0.5, 0.6) is 0 Å². The van der Waals surface area contributed by atoms with Gasteiger partial charge in [-0.3, -0.25) is 0 Å². The maximum atomic E-state index is 6.21. The van der Waals surface area contributed by atoms with Gasteiger partial charge in [-0.1, -0.05) is 31.5 Å². The van der Waals surface area contributed by atoms with Crippen molar-refractivity contribution in [1.82, 2.24) is 9.97 Å². The van der Waals surface area contributed by atoms with Gasteiger partial charge < -0.3 is 10.7 Å². The Morgan fingerprint density at radius 2 is 1.88 bits per heavy atom. The SMILES string of the molecule is CC(C)(N)C(C)(C)c1nc2c(Cl)cccc2[nH]1. The van der Waals surface area contributed by atoms with Gasteiger partial charge in [0, 0.05) is 11.0 Å². The van der Waals surface area contributed by atoms with E-state index in [2.05, 4.69) is 23.8 Å². The van der Waals surface area contributed by atoms with Gasteiger partial charge in [0.1, 0.15) is 11.3 Å². The average Bonchev–Trinajstić information content (AvgIpc) is 2.61. The highest BCUT2D eigenvalue weighted by Crippen LogP contribution is 2.33. The summed E-state index contributed by atoms with van der Waals surface area (Å²) in [6.07, 6.45) is 0. The van der Waals surface area contributed by atoms with Crippen molar-refractivity contribution in [3.63, 3.8) is 0 Å². The molecule has 0 radical (unpaired) electrons. The Balaban J connectivity index is 2.62. The molecule has 0 fully saturated rings. The number of rotatable bonds is 2. The minimum Gasteiger partial charge on any atom is -0.341 e. The Kier molecular flexibility index (Phi) is 2.71. The first-order chi connectivity index (χ1) is 7.73. The van der Waals surface area contributed by atoms with Gasteiger partial charge in [-0.05, 0) is 26.0 Å². The highest BCUT2D eigenvalue weighted by molar-refractivity contribution is 6.34. The summed E-state index contributed by atoms with van der Waals surface area (Å²) in [6.45, 7) is 8.17. The molecule has 0 aliphatic rings. The zero-order valence-corrected chi connectivity index (χ0v) is 11.4. The lowest BCUT2D eigenvalue weighted by molar-refractivity contribution is 0.293. The van der Waals surface area contributed by atoms with Crippen LogP contribution < -0.4 is 5.73 Å². The Labute approximate surface area is 106 Å². The van der Waals surface area contributed by atoms with E-state index in [-0.39, 0.29) is 11.0 Å². The summed E-state index contributed by atoms with van der Waals surface area (Å²) < 4.78 is 0. The number of benzene rings is 1. The maximum Gasteiger partial charge on any atom is 0.114 e. The summed E-state index contributed by atoms with van der Waals surface area (Å²) >= 11 is 6.12. The fraction of sp³-hybridized carbons (Fsp3) is 0.462. The minimum atomic E-state index is -0.368. The molecule has 1 heterocycles. The number of imidazole rings is 1. The minimum absolute atomic E-state index is 0.255. The molecule has 0 aliphatic heterocycles. The monoisotopic (exact) mass is 251 g/mol. The van der Waals surface area contributed by atoms with E-state index in [0.717, 1.165) is 16.9 Å². The van der Waals surface area contributed by atoms with E-state index in [0.29, 0.717) is 5.02 Å². The van der Waals surface area contributed by atoms with Crippen molar-refractivity contribution in [2.24, 2.45) is 5.73 Å². The number of nitrogens with two attached hydrogens (primary N) is 1. The third-order valence-corrected chi connectivity index (χ3v) is 3.97. The van der Waals surface area contributed by atoms with Gasteiger partial charge in [0.05, 0.1) is 10.5 Å². The molecule has 0 bridgehead atoms. The topological polar surface area (TPSA) is 54.7 Å². The van der Waals surface area contributed by atoms with Gasteiger partial charge >= 0.3 is 0 Å². The molecule has 0 saturated heterocycles. The van der Waals surface area contributed by atoms with E-state index in [9.17, 15) is 0 Å². The lowest BCUT2D eigenvalue weighted by Crippen LogP contribution is -2.50. The zero-order chi connectivity index (χ0) is 12.8.